The number of methoxy groups -OCH3 is 2. The van der Waals surface area contributed by atoms with Gasteiger partial charge in [0.1, 0.15) is 11.3 Å². The van der Waals surface area contributed by atoms with Gasteiger partial charge in [-0.3, -0.25) is 4.79 Å². The molecule has 0 unspecified atom stereocenters. The van der Waals surface area contributed by atoms with Crippen LogP contribution in [0.15, 0.2) is 41.4 Å². The predicted molar refractivity (Wildman–Crippen MR) is 101 cm³/mol. The van der Waals surface area contributed by atoms with Crippen LogP contribution in [0.3, 0.4) is 0 Å². The van der Waals surface area contributed by atoms with Gasteiger partial charge in [0.25, 0.3) is 0 Å². The molecule has 0 spiro atoms. The lowest BCUT2D eigenvalue weighted by Gasteiger charge is -2.23. The number of Topliss-reactive ketones (excluding diaryl/α,β-unsaturated/α-hetero) is 1. The zero-order valence-electron chi connectivity index (χ0n) is 15.8. The number of nitrogens with zero attached hydrogens (tertiary/aromatic N) is 2. The van der Waals surface area contributed by atoms with Crippen LogP contribution in [0.25, 0.3) is 5.57 Å². The third-order valence-electron chi connectivity index (χ3n) is 3.96. The number of carbonyl (C=O) groups excluding carboxylic acids is 2. The summed E-state index contributed by atoms with van der Waals surface area (Å²) in [6.07, 6.45) is -3.01. The fourth-order valence-corrected chi connectivity index (χ4v) is 2.88. The number of esters is 1. The first-order chi connectivity index (χ1) is 13.6. The molecule has 0 amide bonds. The quantitative estimate of drug-likeness (QED) is 0.393. The van der Waals surface area contributed by atoms with Gasteiger partial charge in [0.15, 0.2) is 11.5 Å². The molecule has 156 valence electrons. The number of alkyl halides is 3. The maximum absolute atomic E-state index is 13.0. The lowest BCUT2D eigenvalue weighted by molar-refractivity contribution is -0.133. The monoisotopic (exact) mass is 430 g/mol. The van der Waals surface area contributed by atoms with Crippen molar-refractivity contribution < 1.29 is 32.2 Å². The number of allylic oxidation sites excluding steroid dienone is 1. The van der Waals surface area contributed by atoms with Gasteiger partial charge in [-0.25, -0.2) is 9.79 Å². The number of benzene rings is 1. The molecule has 0 radical (unpaired) electrons. The van der Waals surface area contributed by atoms with Gasteiger partial charge < -0.3 is 14.4 Å². The molecule has 1 heterocycles. The summed E-state index contributed by atoms with van der Waals surface area (Å²) in [5.41, 5.74) is -0.732. The van der Waals surface area contributed by atoms with E-state index in [4.69, 9.17) is 21.1 Å². The van der Waals surface area contributed by atoms with Crippen molar-refractivity contribution in [1.29, 1.82) is 0 Å². The zero-order chi connectivity index (χ0) is 21.8. The fourth-order valence-electron chi connectivity index (χ4n) is 2.68. The highest BCUT2D eigenvalue weighted by molar-refractivity contribution is 6.41. The molecule has 1 aliphatic heterocycles. The number of ether oxygens (including phenoxy) is 2. The van der Waals surface area contributed by atoms with Crippen LogP contribution in [-0.4, -0.2) is 56.4 Å². The summed E-state index contributed by atoms with van der Waals surface area (Å²) in [4.78, 5) is 29.5. The minimum Gasteiger partial charge on any atom is -0.503 e. The van der Waals surface area contributed by atoms with E-state index in [1.807, 2.05) is 0 Å². The smallest absolute Gasteiger partial charge is 0.434 e. The normalized spacial score (nSPS) is 14.9. The topological polar surface area (TPSA) is 68.2 Å². The molecule has 1 aliphatic rings. The van der Waals surface area contributed by atoms with Crippen LogP contribution in [-0.2, 0) is 25.5 Å². The van der Waals surface area contributed by atoms with Crippen LogP contribution in [0.2, 0.25) is 5.02 Å². The molecule has 2 rings (SSSR count). The highest BCUT2D eigenvalue weighted by atomic mass is 35.5. The molecule has 0 bridgehead atoms. The van der Waals surface area contributed by atoms with Crippen molar-refractivity contribution >= 4 is 34.6 Å². The molecule has 0 fully saturated rings. The van der Waals surface area contributed by atoms with Crippen LogP contribution in [0.5, 0.6) is 0 Å². The van der Waals surface area contributed by atoms with Gasteiger partial charge in [0, 0.05) is 24.7 Å². The van der Waals surface area contributed by atoms with Crippen LogP contribution < -0.4 is 0 Å². The van der Waals surface area contributed by atoms with Crippen LogP contribution >= 0.6 is 11.6 Å². The Balaban J connectivity index is 2.42. The highest BCUT2D eigenvalue weighted by Gasteiger charge is 2.37. The van der Waals surface area contributed by atoms with Gasteiger partial charge in [-0.1, -0.05) is 17.7 Å². The molecule has 6 nitrogen and oxygen atoms in total. The highest BCUT2D eigenvalue weighted by Crippen LogP contribution is 2.29. The van der Waals surface area contributed by atoms with Gasteiger partial charge in [-0.05, 0) is 23.3 Å². The number of hydrogen-bond donors (Lipinski definition) is 0. The zero-order valence-corrected chi connectivity index (χ0v) is 16.6. The standard InChI is InChI=1S/C19H18ClF3N2O4/c1-25-8-15(24-17(9-25)19(21,22)23)16(26)7-11-6-12(20)4-5-13(11)14(10-28-2)18(27)29-3/h4-6,9-10H,7-8H2,1-3H3. The number of hydrogen-bond acceptors (Lipinski definition) is 6. The minimum atomic E-state index is -4.68. The Labute approximate surface area is 170 Å². The number of ketones is 1. The molecule has 0 aliphatic carbocycles. The van der Waals surface area contributed by atoms with Gasteiger partial charge >= 0.3 is 12.1 Å². The van der Waals surface area contributed by atoms with E-state index in [1.165, 1.54) is 44.4 Å². The van der Waals surface area contributed by atoms with E-state index in [1.54, 1.807) is 0 Å². The second kappa shape index (κ2) is 9.13. The van der Waals surface area contributed by atoms with E-state index in [-0.39, 0.29) is 29.3 Å². The Morgan fingerprint density at radius 3 is 2.59 bits per heavy atom. The lowest BCUT2D eigenvalue weighted by atomic mass is 9.95. The van der Waals surface area contributed by atoms with E-state index in [0.29, 0.717) is 11.1 Å². The SMILES string of the molecule is COC=C(C(=O)OC)c1ccc(Cl)cc1CC(=O)C1=NC(C(F)(F)F)=CN(C)C1. The van der Waals surface area contributed by atoms with Gasteiger partial charge in [-0.2, -0.15) is 13.2 Å². The maximum Gasteiger partial charge on any atom is 0.434 e. The van der Waals surface area contributed by atoms with Gasteiger partial charge in [0.2, 0.25) is 0 Å². The average Bonchev–Trinajstić information content (AvgIpc) is 2.65. The molecular weight excluding hydrogens is 413 g/mol. The first kappa shape index (κ1) is 22.5. The van der Waals surface area contributed by atoms with Crippen molar-refractivity contribution in [3.63, 3.8) is 0 Å². The van der Waals surface area contributed by atoms with Crippen LogP contribution in [0, 0.1) is 0 Å². The third kappa shape index (κ3) is 5.60. The Kier molecular flexibility index (Phi) is 7.07. The molecule has 10 heteroatoms. The number of carbonyl (C=O) groups is 2. The summed E-state index contributed by atoms with van der Waals surface area (Å²) in [5, 5.41) is 0.289. The Morgan fingerprint density at radius 2 is 2.00 bits per heavy atom. The van der Waals surface area contributed by atoms with Crippen LogP contribution in [0.1, 0.15) is 11.1 Å². The summed E-state index contributed by atoms with van der Waals surface area (Å²) in [6.45, 7) is -0.0773. The molecular formula is C19H18ClF3N2O4. The number of aliphatic imine (C=N–C) groups is 1. The summed E-state index contributed by atoms with van der Waals surface area (Å²) >= 11 is 6.01. The molecule has 0 aromatic heterocycles. The number of rotatable bonds is 6. The molecule has 1 aromatic rings. The van der Waals surface area contributed by atoms with Crippen LogP contribution in [0.4, 0.5) is 13.2 Å². The van der Waals surface area contributed by atoms with Crippen molar-refractivity contribution in [3.8, 4) is 0 Å². The molecule has 29 heavy (non-hydrogen) atoms. The van der Waals surface area contributed by atoms with Gasteiger partial charge in [0.05, 0.1) is 27.0 Å². The lowest BCUT2D eigenvalue weighted by Crippen LogP contribution is -2.34. The van der Waals surface area contributed by atoms with E-state index in [9.17, 15) is 22.8 Å². The Hall–Kier alpha value is -2.81. The van der Waals surface area contributed by atoms with E-state index in [0.717, 1.165) is 12.5 Å². The summed E-state index contributed by atoms with van der Waals surface area (Å²) in [6, 6.07) is 4.46. The predicted octanol–water partition coefficient (Wildman–Crippen LogP) is 3.40. The van der Waals surface area contributed by atoms with E-state index >= 15 is 0 Å². The molecule has 1 aromatic carbocycles. The third-order valence-corrected chi connectivity index (χ3v) is 4.19. The van der Waals surface area contributed by atoms with Crippen molar-refractivity contribution in [2.24, 2.45) is 4.99 Å². The maximum atomic E-state index is 13.0. The molecule has 0 saturated carbocycles. The average molecular weight is 431 g/mol. The Bertz CT molecular complexity index is 907. The molecule has 0 atom stereocenters. The number of halogens is 4. The fraction of sp³-hybridized carbons (Fsp3) is 0.316. The van der Waals surface area contributed by atoms with Crippen molar-refractivity contribution in [2.45, 2.75) is 12.6 Å². The largest absolute Gasteiger partial charge is 0.503 e. The van der Waals surface area contributed by atoms with Gasteiger partial charge in [-0.15, -0.1) is 0 Å². The van der Waals surface area contributed by atoms with Crippen molar-refractivity contribution in [3.05, 3.63) is 52.5 Å². The molecule has 0 N–H and O–H groups in total. The summed E-state index contributed by atoms with van der Waals surface area (Å²) in [7, 11) is 3.93. The van der Waals surface area contributed by atoms with E-state index in [2.05, 4.69) is 4.99 Å². The Morgan fingerprint density at radius 1 is 1.31 bits per heavy atom. The second-order valence-electron chi connectivity index (χ2n) is 6.15. The first-order valence-corrected chi connectivity index (χ1v) is 8.64. The first-order valence-electron chi connectivity index (χ1n) is 8.27. The minimum absolute atomic E-state index is 0.0352. The molecule has 0 saturated heterocycles. The van der Waals surface area contributed by atoms with E-state index < -0.39 is 23.6 Å². The summed E-state index contributed by atoms with van der Waals surface area (Å²) in [5.74, 6) is -1.34. The van der Waals surface area contributed by atoms with Crippen molar-refractivity contribution in [2.75, 3.05) is 27.8 Å². The van der Waals surface area contributed by atoms with Crippen molar-refractivity contribution in [1.82, 2.24) is 4.90 Å². The summed E-state index contributed by atoms with van der Waals surface area (Å²) < 4.78 is 48.7. The second-order valence-corrected chi connectivity index (χ2v) is 6.58.